The Morgan fingerprint density at radius 3 is 2.75 bits per heavy atom. The fraction of sp³-hybridized carbons (Fsp3) is 0.700. The predicted octanol–water partition coefficient (Wildman–Crippen LogP) is 2.77. The summed E-state index contributed by atoms with van der Waals surface area (Å²) in [6, 6.07) is 0. The summed E-state index contributed by atoms with van der Waals surface area (Å²) < 4.78 is 10.1. The minimum Gasteiger partial charge on any atom is -0.213 e. The first-order valence-electron chi connectivity index (χ1n) is 4.58. The number of unbranched alkanes of at least 4 members (excludes halogenated alkanes) is 2. The van der Waals surface area contributed by atoms with Crippen LogP contribution < -0.4 is 0 Å². The van der Waals surface area contributed by atoms with E-state index in [0.29, 0.717) is 17.2 Å². The first-order chi connectivity index (χ1) is 5.85. The van der Waals surface area contributed by atoms with Crippen molar-refractivity contribution in [2.45, 2.75) is 39.0 Å². The summed E-state index contributed by atoms with van der Waals surface area (Å²) in [6.07, 6.45) is 7.81. The van der Waals surface area contributed by atoms with Crippen molar-refractivity contribution in [3.05, 3.63) is 12.7 Å². The Kier molecular flexibility index (Phi) is 8.46. The lowest BCUT2D eigenvalue weighted by Crippen LogP contribution is -1.96. The number of hydrogen-bond donors (Lipinski definition) is 0. The summed E-state index contributed by atoms with van der Waals surface area (Å²) in [5, 5.41) is 1.72. The lowest BCUT2D eigenvalue weighted by molar-refractivity contribution is 0.558. The molecule has 0 saturated carbocycles. The predicted molar refractivity (Wildman–Crippen MR) is 56.7 cm³/mol. The summed E-state index contributed by atoms with van der Waals surface area (Å²) in [6.45, 7) is 5.96. The van der Waals surface area contributed by atoms with E-state index in [4.69, 9.17) is 0 Å². The maximum atomic E-state index is 10.1. The summed E-state index contributed by atoms with van der Waals surface area (Å²) in [5.41, 5.74) is 0. The van der Waals surface area contributed by atoms with E-state index in [-0.39, 0.29) is 0 Å². The van der Waals surface area contributed by atoms with Crippen LogP contribution in [-0.2, 0) is 11.3 Å². The molecule has 0 aromatic carbocycles. The Morgan fingerprint density at radius 1 is 1.50 bits per heavy atom. The van der Waals surface area contributed by atoms with Crippen LogP contribution in [0, 0.1) is 5.92 Å². The van der Waals surface area contributed by atoms with Crippen molar-refractivity contribution < 1.29 is 4.21 Å². The molecular weight excluding hydrogens is 168 g/mol. The van der Waals surface area contributed by atoms with E-state index in [1.807, 2.05) is 6.08 Å². The van der Waals surface area contributed by atoms with Crippen LogP contribution in [0.15, 0.2) is 12.7 Å². The van der Waals surface area contributed by atoms with E-state index in [9.17, 15) is 4.21 Å². The van der Waals surface area contributed by atoms with Crippen molar-refractivity contribution in [3.8, 4) is 0 Å². The van der Waals surface area contributed by atoms with Gasteiger partial charge < -0.3 is 0 Å². The summed E-state index contributed by atoms with van der Waals surface area (Å²) in [5.74, 6) is 0.512. The molecule has 0 heterocycles. The average molecular weight is 186 g/mol. The third-order valence-corrected chi connectivity index (χ3v) is 2.31. The van der Waals surface area contributed by atoms with Gasteiger partial charge in [-0.3, -0.25) is 0 Å². The summed E-state index contributed by atoms with van der Waals surface area (Å²) >= 11 is 0.562. The van der Waals surface area contributed by atoms with Gasteiger partial charge in [0.15, 0.2) is 0 Å². The normalized spacial score (nSPS) is 12.1. The number of hydrogen-bond acceptors (Lipinski definition) is 1. The second-order valence-corrected chi connectivity index (χ2v) is 3.52. The third-order valence-electron chi connectivity index (χ3n) is 1.98. The molecule has 0 aliphatic rings. The zero-order chi connectivity index (χ0) is 9.23. The molecule has 0 radical (unpaired) electrons. The van der Waals surface area contributed by atoms with Crippen molar-refractivity contribution in [1.82, 2.24) is 0 Å². The van der Waals surface area contributed by atoms with Crippen LogP contribution in [0.5, 0.6) is 0 Å². The average Bonchev–Trinajstić information content (AvgIpc) is 2.11. The van der Waals surface area contributed by atoms with Gasteiger partial charge in [-0.15, -0.1) is 6.58 Å². The zero-order valence-electron chi connectivity index (χ0n) is 7.79. The zero-order valence-corrected chi connectivity index (χ0v) is 8.61. The Hall–Kier alpha value is -0.370. The van der Waals surface area contributed by atoms with Crippen LogP contribution in [0.1, 0.15) is 39.0 Å². The van der Waals surface area contributed by atoms with Crippen LogP contribution in [-0.4, -0.2) is 9.58 Å². The van der Waals surface area contributed by atoms with Crippen molar-refractivity contribution >= 4 is 16.6 Å². The van der Waals surface area contributed by atoms with E-state index >= 15 is 0 Å². The van der Waals surface area contributed by atoms with Crippen LogP contribution in [0.4, 0.5) is 0 Å². The molecule has 1 atom stereocenters. The maximum Gasteiger partial charge on any atom is 0.0841 e. The van der Waals surface area contributed by atoms with Gasteiger partial charge in [-0.05, 0) is 18.8 Å². The molecule has 1 unspecified atom stereocenters. The Morgan fingerprint density at radius 2 is 2.25 bits per heavy atom. The Labute approximate surface area is 78.9 Å². The fourth-order valence-corrected chi connectivity index (χ4v) is 1.48. The van der Waals surface area contributed by atoms with Crippen LogP contribution in [0.25, 0.3) is 0 Å². The van der Waals surface area contributed by atoms with E-state index in [1.165, 1.54) is 25.7 Å². The van der Waals surface area contributed by atoms with Crippen molar-refractivity contribution in [2.24, 2.45) is 5.92 Å². The molecule has 0 aliphatic carbocycles. The summed E-state index contributed by atoms with van der Waals surface area (Å²) in [4.78, 5) is 0. The van der Waals surface area contributed by atoms with E-state index in [1.54, 1.807) is 5.37 Å². The summed E-state index contributed by atoms with van der Waals surface area (Å²) in [7, 11) is 0. The molecule has 0 aliphatic heterocycles. The first-order valence-corrected chi connectivity index (χ1v) is 5.38. The van der Waals surface area contributed by atoms with Gasteiger partial charge in [-0.1, -0.05) is 32.3 Å². The lowest BCUT2D eigenvalue weighted by atomic mass is 9.99. The van der Waals surface area contributed by atoms with Gasteiger partial charge in [0.25, 0.3) is 0 Å². The molecule has 0 N–H and O–H groups in total. The smallest absolute Gasteiger partial charge is 0.0841 e. The molecule has 0 fully saturated rings. The SMILES string of the molecule is C=CC(CC=S=O)CCCCC. The maximum absolute atomic E-state index is 10.1. The third kappa shape index (κ3) is 6.35. The van der Waals surface area contributed by atoms with Gasteiger partial charge in [0.05, 0.1) is 11.3 Å². The molecule has 0 rings (SSSR count). The molecule has 70 valence electrons. The standard InChI is InChI=1S/C10H18OS/c1-3-5-6-7-10(4-2)8-9-12-11/h4,9-10H,2-3,5-8H2,1H3. The lowest BCUT2D eigenvalue weighted by Gasteiger charge is -2.07. The molecule has 1 nitrogen and oxygen atoms in total. The fourth-order valence-electron chi connectivity index (χ4n) is 1.15. The van der Waals surface area contributed by atoms with Gasteiger partial charge in [0.2, 0.25) is 0 Å². The van der Waals surface area contributed by atoms with E-state index in [0.717, 1.165) is 6.42 Å². The van der Waals surface area contributed by atoms with Crippen molar-refractivity contribution in [1.29, 1.82) is 0 Å². The molecule has 2 heteroatoms. The highest BCUT2D eigenvalue weighted by molar-refractivity contribution is 7.64. The molecular formula is C10H18OS. The Balaban J connectivity index is 3.52. The topological polar surface area (TPSA) is 17.1 Å². The molecule has 0 amide bonds. The van der Waals surface area contributed by atoms with Crippen LogP contribution in [0.3, 0.4) is 0 Å². The van der Waals surface area contributed by atoms with E-state index in [2.05, 4.69) is 13.5 Å². The monoisotopic (exact) mass is 186 g/mol. The first kappa shape index (κ1) is 11.6. The molecule has 0 bridgehead atoms. The van der Waals surface area contributed by atoms with Crippen molar-refractivity contribution in [2.75, 3.05) is 0 Å². The molecule has 0 saturated heterocycles. The molecule has 0 aromatic rings. The molecule has 0 spiro atoms. The van der Waals surface area contributed by atoms with Gasteiger partial charge in [0, 0.05) is 5.37 Å². The minimum absolute atomic E-state index is 0.512. The second kappa shape index (κ2) is 8.72. The van der Waals surface area contributed by atoms with Gasteiger partial charge >= 0.3 is 0 Å². The number of allylic oxidation sites excluding steroid dienone is 1. The molecule has 0 aromatic heterocycles. The minimum atomic E-state index is 0.512. The van der Waals surface area contributed by atoms with Crippen molar-refractivity contribution in [3.63, 3.8) is 0 Å². The highest BCUT2D eigenvalue weighted by atomic mass is 32.1. The van der Waals surface area contributed by atoms with E-state index < -0.39 is 0 Å². The number of rotatable bonds is 7. The van der Waals surface area contributed by atoms with Gasteiger partial charge in [0.1, 0.15) is 0 Å². The highest BCUT2D eigenvalue weighted by Gasteiger charge is 2.00. The van der Waals surface area contributed by atoms with Gasteiger partial charge in [-0.2, -0.15) is 0 Å². The highest BCUT2D eigenvalue weighted by Crippen LogP contribution is 2.13. The van der Waals surface area contributed by atoms with Gasteiger partial charge in [-0.25, -0.2) is 4.21 Å². The largest absolute Gasteiger partial charge is 0.213 e. The van der Waals surface area contributed by atoms with Crippen LogP contribution in [0.2, 0.25) is 0 Å². The quantitative estimate of drug-likeness (QED) is 0.339. The molecule has 12 heavy (non-hydrogen) atoms. The van der Waals surface area contributed by atoms with Crippen LogP contribution >= 0.6 is 0 Å². The second-order valence-electron chi connectivity index (χ2n) is 2.99. The Bertz CT molecular complexity index is 159.